The Kier molecular flexibility index (Phi) is 14.0. The Morgan fingerprint density at radius 2 is 1.19 bits per heavy atom. The third kappa shape index (κ3) is 13.6. The Bertz CT molecular complexity index is 210. The zero-order valence-electron chi connectivity index (χ0n) is 14.9. The molecule has 0 aliphatic heterocycles. The van der Waals surface area contributed by atoms with Crippen LogP contribution in [0.3, 0.4) is 0 Å². The second-order valence-electron chi connectivity index (χ2n) is 7.32. The Hall–Kier alpha value is 0.250. The molecule has 0 aliphatic carbocycles. The molecule has 1 unspecified atom stereocenters. The summed E-state index contributed by atoms with van der Waals surface area (Å²) in [6, 6.07) is 0. The molecule has 2 heteroatoms. The van der Waals surface area contributed by atoms with Gasteiger partial charge in [0, 0.05) is 11.4 Å². The summed E-state index contributed by atoms with van der Waals surface area (Å²) >= 11 is 5.82. The summed E-state index contributed by atoms with van der Waals surface area (Å²) < 4.78 is 0. The van der Waals surface area contributed by atoms with Crippen LogP contribution >= 0.6 is 11.6 Å². The lowest BCUT2D eigenvalue weighted by Crippen LogP contribution is -2.41. The quantitative estimate of drug-likeness (QED) is 0.265. The third-order valence-electron chi connectivity index (χ3n) is 4.64. The summed E-state index contributed by atoms with van der Waals surface area (Å²) in [5, 5.41) is 0. The minimum Gasteiger partial charge on any atom is -0.325 e. The largest absolute Gasteiger partial charge is 0.325 e. The van der Waals surface area contributed by atoms with Gasteiger partial charge >= 0.3 is 0 Å². The van der Waals surface area contributed by atoms with Crippen molar-refractivity contribution in [3.8, 4) is 0 Å². The Balaban J connectivity index is 3.49. The summed E-state index contributed by atoms with van der Waals surface area (Å²) in [7, 11) is 0. The lowest BCUT2D eigenvalue weighted by atomic mass is 9.81. The smallest absolute Gasteiger partial charge is 0.0223 e. The maximum Gasteiger partial charge on any atom is 0.0223 e. The molecule has 0 amide bonds. The molecule has 0 fully saturated rings. The van der Waals surface area contributed by atoms with E-state index in [0.717, 1.165) is 12.3 Å². The molecule has 21 heavy (non-hydrogen) atoms. The standard InChI is InChI=1S/C19H40ClN/c1-4-5-6-7-8-9-10-11-12-13-15-18(16-14-17-20)19(2,3)21/h18H,4-17,21H2,1-3H3. The number of hydrogen-bond acceptors (Lipinski definition) is 1. The van der Waals surface area contributed by atoms with Gasteiger partial charge in [-0.15, -0.1) is 11.6 Å². The van der Waals surface area contributed by atoms with E-state index in [1.165, 1.54) is 77.0 Å². The zero-order valence-corrected chi connectivity index (χ0v) is 15.7. The average molecular weight is 318 g/mol. The normalized spacial score (nSPS) is 13.6. The van der Waals surface area contributed by atoms with Gasteiger partial charge < -0.3 is 5.73 Å². The first-order valence-electron chi connectivity index (χ1n) is 9.37. The van der Waals surface area contributed by atoms with E-state index in [2.05, 4.69) is 20.8 Å². The molecule has 0 aromatic carbocycles. The van der Waals surface area contributed by atoms with Crippen LogP contribution in [0.4, 0.5) is 0 Å². The fourth-order valence-corrected chi connectivity index (χ4v) is 3.24. The average Bonchev–Trinajstić information content (AvgIpc) is 2.42. The van der Waals surface area contributed by atoms with Crippen molar-refractivity contribution in [1.82, 2.24) is 0 Å². The van der Waals surface area contributed by atoms with Crippen molar-refractivity contribution in [2.45, 2.75) is 110 Å². The fraction of sp³-hybridized carbons (Fsp3) is 1.00. The fourth-order valence-electron chi connectivity index (χ4n) is 3.09. The van der Waals surface area contributed by atoms with E-state index in [4.69, 9.17) is 17.3 Å². The van der Waals surface area contributed by atoms with Crippen LogP contribution in [0.1, 0.15) is 104 Å². The number of alkyl halides is 1. The van der Waals surface area contributed by atoms with E-state index in [-0.39, 0.29) is 5.54 Å². The minimum atomic E-state index is -0.0503. The molecular formula is C19H40ClN. The van der Waals surface area contributed by atoms with Crippen molar-refractivity contribution in [3.05, 3.63) is 0 Å². The Morgan fingerprint density at radius 3 is 1.62 bits per heavy atom. The number of unbranched alkanes of at least 4 members (excludes halogenated alkanes) is 9. The van der Waals surface area contributed by atoms with Crippen molar-refractivity contribution in [2.24, 2.45) is 11.7 Å². The predicted octanol–water partition coefficient (Wildman–Crippen LogP) is 6.67. The van der Waals surface area contributed by atoms with Crippen molar-refractivity contribution in [2.75, 3.05) is 5.88 Å². The van der Waals surface area contributed by atoms with Gasteiger partial charge in [-0.05, 0) is 39.0 Å². The monoisotopic (exact) mass is 317 g/mol. The van der Waals surface area contributed by atoms with Crippen molar-refractivity contribution >= 4 is 11.6 Å². The summed E-state index contributed by atoms with van der Waals surface area (Å²) in [5.74, 6) is 1.40. The Morgan fingerprint density at radius 1 is 0.762 bits per heavy atom. The first-order valence-corrected chi connectivity index (χ1v) is 9.90. The van der Waals surface area contributed by atoms with Gasteiger partial charge in [-0.1, -0.05) is 71.1 Å². The summed E-state index contributed by atoms with van der Waals surface area (Å²) in [5.41, 5.74) is 6.25. The third-order valence-corrected chi connectivity index (χ3v) is 4.91. The molecule has 0 aromatic rings. The molecule has 1 nitrogen and oxygen atoms in total. The number of nitrogens with two attached hydrogens (primary N) is 1. The molecule has 0 bridgehead atoms. The highest BCUT2D eigenvalue weighted by atomic mass is 35.5. The van der Waals surface area contributed by atoms with E-state index >= 15 is 0 Å². The van der Waals surface area contributed by atoms with Crippen LogP contribution in [0.25, 0.3) is 0 Å². The number of rotatable bonds is 15. The van der Waals surface area contributed by atoms with E-state index in [1.807, 2.05) is 0 Å². The molecule has 2 N–H and O–H groups in total. The lowest BCUT2D eigenvalue weighted by Gasteiger charge is -2.30. The second-order valence-corrected chi connectivity index (χ2v) is 7.70. The van der Waals surface area contributed by atoms with Gasteiger partial charge in [0.1, 0.15) is 0 Å². The van der Waals surface area contributed by atoms with Crippen molar-refractivity contribution in [3.63, 3.8) is 0 Å². The highest BCUT2D eigenvalue weighted by molar-refractivity contribution is 6.17. The summed E-state index contributed by atoms with van der Waals surface area (Å²) in [4.78, 5) is 0. The SMILES string of the molecule is CCCCCCCCCCCCC(CCCCl)C(C)(C)N. The van der Waals surface area contributed by atoms with E-state index in [1.54, 1.807) is 0 Å². The van der Waals surface area contributed by atoms with Crippen LogP contribution < -0.4 is 5.73 Å². The predicted molar refractivity (Wildman–Crippen MR) is 98.2 cm³/mol. The molecule has 128 valence electrons. The van der Waals surface area contributed by atoms with Crippen molar-refractivity contribution in [1.29, 1.82) is 0 Å². The highest BCUT2D eigenvalue weighted by Crippen LogP contribution is 2.26. The molecule has 1 atom stereocenters. The molecule has 0 spiro atoms. The van der Waals surface area contributed by atoms with Gasteiger partial charge in [0.25, 0.3) is 0 Å². The van der Waals surface area contributed by atoms with Gasteiger partial charge in [0.15, 0.2) is 0 Å². The summed E-state index contributed by atoms with van der Waals surface area (Å²) in [6.45, 7) is 6.62. The van der Waals surface area contributed by atoms with Crippen molar-refractivity contribution < 1.29 is 0 Å². The van der Waals surface area contributed by atoms with Crippen LogP contribution in [0, 0.1) is 5.92 Å². The maximum absolute atomic E-state index is 6.30. The molecule has 0 saturated carbocycles. The van der Waals surface area contributed by atoms with Crippen LogP contribution in [0.2, 0.25) is 0 Å². The molecule has 0 rings (SSSR count). The van der Waals surface area contributed by atoms with E-state index in [0.29, 0.717) is 5.92 Å². The zero-order chi connectivity index (χ0) is 16.0. The minimum absolute atomic E-state index is 0.0503. The second kappa shape index (κ2) is 13.9. The molecule has 0 heterocycles. The first kappa shape index (κ1) is 21.2. The first-order chi connectivity index (χ1) is 10.0. The van der Waals surface area contributed by atoms with Crippen LogP contribution in [0.15, 0.2) is 0 Å². The highest BCUT2D eigenvalue weighted by Gasteiger charge is 2.23. The van der Waals surface area contributed by atoms with Gasteiger partial charge in [-0.2, -0.15) is 0 Å². The molecule has 0 aromatic heterocycles. The van der Waals surface area contributed by atoms with Gasteiger partial charge in [-0.25, -0.2) is 0 Å². The van der Waals surface area contributed by atoms with E-state index < -0.39 is 0 Å². The van der Waals surface area contributed by atoms with Gasteiger partial charge in [-0.3, -0.25) is 0 Å². The number of halogens is 1. The molecule has 0 radical (unpaired) electrons. The maximum atomic E-state index is 6.30. The molecular weight excluding hydrogens is 278 g/mol. The van der Waals surface area contributed by atoms with Crippen LogP contribution in [-0.2, 0) is 0 Å². The van der Waals surface area contributed by atoms with Crippen LogP contribution in [0.5, 0.6) is 0 Å². The van der Waals surface area contributed by atoms with Gasteiger partial charge in [0.05, 0.1) is 0 Å². The van der Waals surface area contributed by atoms with Crippen LogP contribution in [-0.4, -0.2) is 11.4 Å². The summed E-state index contributed by atoms with van der Waals surface area (Å²) in [6.07, 6.45) is 17.6. The molecule has 0 aliphatic rings. The lowest BCUT2D eigenvalue weighted by molar-refractivity contribution is 0.273. The van der Waals surface area contributed by atoms with E-state index in [9.17, 15) is 0 Å². The number of hydrogen-bond donors (Lipinski definition) is 1. The topological polar surface area (TPSA) is 26.0 Å². The Labute approximate surface area is 139 Å². The van der Waals surface area contributed by atoms with Gasteiger partial charge in [0.2, 0.25) is 0 Å². The molecule has 0 saturated heterocycles.